The van der Waals surface area contributed by atoms with Crippen LogP contribution in [0.15, 0.2) is 91.0 Å². The van der Waals surface area contributed by atoms with Gasteiger partial charge in [-0.1, -0.05) is 0 Å². The third-order valence-electron chi connectivity index (χ3n) is 5.87. The van der Waals surface area contributed by atoms with E-state index < -0.39 is 7.82 Å². The fourth-order valence-electron chi connectivity index (χ4n) is 4.43. The van der Waals surface area contributed by atoms with E-state index in [0.29, 0.717) is 0 Å². The Morgan fingerprint density at radius 3 is 1.56 bits per heavy atom. The van der Waals surface area contributed by atoms with Crippen molar-refractivity contribution in [2.45, 2.75) is 0 Å². The van der Waals surface area contributed by atoms with Gasteiger partial charge in [0.1, 0.15) is 0 Å². The van der Waals surface area contributed by atoms with Crippen molar-refractivity contribution in [3.63, 3.8) is 0 Å². The molecule has 0 aliphatic carbocycles. The van der Waals surface area contributed by atoms with Crippen molar-refractivity contribution in [3.05, 3.63) is 91.0 Å². The molecule has 0 aromatic heterocycles. The van der Waals surface area contributed by atoms with Crippen molar-refractivity contribution in [2.75, 3.05) is 0 Å². The van der Waals surface area contributed by atoms with Crippen LogP contribution in [0, 0.1) is 0 Å². The average molecular weight is 432 g/mol. The molecule has 32 heavy (non-hydrogen) atoms. The van der Waals surface area contributed by atoms with Crippen molar-refractivity contribution in [1.82, 2.24) is 0 Å². The Morgan fingerprint density at radius 2 is 0.938 bits per heavy atom. The second kappa shape index (κ2) is 8.03. The molecule has 0 aliphatic rings. The van der Waals surface area contributed by atoms with Crippen LogP contribution in [0.3, 0.4) is 0 Å². The molecule has 4 nitrogen and oxygen atoms in total. The van der Waals surface area contributed by atoms with E-state index in [1.54, 1.807) is 0 Å². The van der Waals surface area contributed by atoms with E-state index in [2.05, 4.69) is 109 Å². The third-order valence-corrected chi connectivity index (χ3v) is 5.87. The number of benzene rings is 6. The standard InChI is InChI=1S/C26H15.Li.H3O4P/c1-2-7-19-13-24-16-26-22(14-23(24)12-18(19)6-1)10-9-21-11-17-5-3-4-8-20(17)15-25(21)26;;1-5(2,3)4/h1-7,9-16H;;(H3,1,2,3,4). The van der Waals surface area contributed by atoms with Crippen LogP contribution in [0.4, 0.5) is 0 Å². The van der Waals surface area contributed by atoms with Crippen LogP contribution >= 0.6 is 7.82 Å². The van der Waals surface area contributed by atoms with Gasteiger partial charge >= 0.3 is 175 Å². The summed E-state index contributed by atoms with van der Waals surface area (Å²) in [6.07, 6.45) is 0. The van der Waals surface area contributed by atoms with Crippen molar-refractivity contribution in [3.8, 4) is 0 Å². The monoisotopic (exact) mass is 432 g/mol. The van der Waals surface area contributed by atoms with Crippen LogP contribution < -0.4 is 4.24 Å². The average Bonchev–Trinajstić information content (AvgIpc) is 2.74. The van der Waals surface area contributed by atoms with Crippen LogP contribution in [0.1, 0.15) is 0 Å². The number of rotatable bonds is 0. The van der Waals surface area contributed by atoms with Gasteiger partial charge in [0.2, 0.25) is 0 Å². The molecular formula is C26H18LiO4P. The minimum atomic E-state index is -4.64. The topological polar surface area (TPSA) is 77.8 Å². The molecule has 0 amide bonds. The van der Waals surface area contributed by atoms with Crippen LogP contribution in [0.5, 0.6) is 0 Å². The summed E-state index contributed by atoms with van der Waals surface area (Å²) in [6.45, 7) is 0. The summed E-state index contributed by atoms with van der Waals surface area (Å²) in [5, 5.41) is 13.1. The van der Waals surface area contributed by atoms with E-state index in [1.165, 1.54) is 58.1 Å². The first-order chi connectivity index (χ1) is 15.3. The van der Waals surface area contributed by atoms with E-state index in [0.717, 1.165) is 0 Å². The van der Waals surface area contributed by atoms with Gasteiger partial charge in [0.25, 0.3) is 0 Å². The van der Waals surface area contributed by atoms with Crippen LogP contribution in [-0.4, -0.2) is 32.4 Å². The number of phosphoric acid groups is 1. The summed E-state index contributed by atoms with van der Waals surface area (Å²) in [6, 6.07) is 33.7. The van der Waals surface area contributed by atoms with E-state index in [4.69, 9.17) is 19.2 Å². The maximum absolute atomic E-state index is 8.88. The Morgan fingerprint density at radius 1 is 0.500 bits per heavy atom. The van der Waals surface area contributed by atoms with E-state index in [1.807, 2.05) is 0 Å². The molecule has 6 heteroatoms. The second-order valence-corrected chi connectivity index (χ2v) is 9.09. The van der Waals surface area contributed by atoms with Crippen molar-refractivity contribution >= 4 is 83.6 Å². The maximum atomic E-state index is 8.88. The second-order valence-electron chi connectivity index (χ2n) is 8.07. The summed E-state index contributed by atoms with van der Waals surface area (Å²) in [5.41, 5.74) is 0. The number of hydrogen-bond acceptors (Lipinski definition) is 1. The fraction of sp³-hybridized carbons (Fsp3) is 0. The van der Waals surface area contributed by atoms with E-state index in [-0.39, 0.29) is 0 Å². The van der Waals surface area contributed by atoms with E-state index in [9.17, 15) is 0 Å². The summed E-state index contributed by atoms with van der Waals surface area (Å²) in [5.74, 6) is 0. The third kappa shape index (κ3) is 4.18. The summed E-state index contributed by atoms with van der Waals surface area (Å²) >= 11 is 2.20. The van der Waals surface area contributed by atoms with Gasteiger partial charge in [-0.05, 0) is 0 Å². The molecule has 0 saturated heterocycles. The van der Waals surface area contributed by atoms with Crippen LogP contribution in [0.2, 0.25) is 0 Å². The zero-order chi connectivity index (χ0) is 22.5. The summed E-state index contributed by atoms with van der Waals surface area (Å²) < 4.78 is 10.2. The molecule has 3 N–H and O–H groups in total. The van der Waals surface area contributed by atoms with E-state index >= 15 is 0 Å². The predicted molar refractivity (Wildman–Crippen MR) is 134 cm³/mol. The van der Waals surface area contributed by atoms with Gasteiger partial charge < -0.3 is 14.7 Å². The molecule has 0 saturated carbocycles. The first-order valence-corrected chi connectivity index (χ1v) is 11.8. The van der Waals surface area contributed by atoms with Gasteiger partial charge in [-0.3, -0.25) is 0 Å². The Hall–Kier alpha value is -2.67. The Balaban J connectivity index is 0.000000393. The molecule has 152 valence electrons. The predicted octanol–water partition coefficient (Wildman–Crippen LogP) is 5.32. The first-order valence-electron chi connectivity index (χ1n) is 10.2. The zero-order valence-electron chi connectivity index (χ0n) is 17.4. The van der Waals surface area contributed by atoms with Gasteiger partial charge in [0, 0.05) is 0 Å². The summed E-state index contributed by atoms with van der Waals surface area (Å²) in [4.78, 5) is 21.6. The SMILES string of the molecule is O=P(O)(O)O.[Li][c]1cccc2cc3ccc4cc5cc6ccccc6cc5cc4c3cc12. The Kier molecular flexibility index (Phi) is 5.32. The molecule has 0 spiro atoms. The zero-order valence-corrected chi connectivity index (χ0v) is 18.3. The Bertz CT molecular complexity index is 1700. The number of hydrogen-bond donors (Lipinski definition) is 3. The molecule has 6 rings (SSSR count). The molecule has 0 unspecified atom stereocenters. The molecule has 0 atom stereocenters. The number of fused-ring (bicyclic) bond motifs is 6. The molecular weight excluding hydrogens is 414 g/mol. The molecule has 0 fully saturated rings. The van der Waals surface area contributed by atoms with Gasteiger partial charge in [-0.2, -0.15) is 0 Å². The van der Waals surface area contributed by atoms with Gasteiger partial charge in [0.15, 0.2) is 0 Å². The fourth-order valence-corrected chi connectivity index (χ4v) is 4.43. The quantitative estimate of drug-likeness (QED) is 0.131. The molecule has 0 aliphatic heterocycles. The van der Waals surface area contributed by atoms with Gasteiger partial charge in [-0.25, -0.2) is 4.57 Å². The Labute approximate surface area is 193 Å². The van der Waals surface area contributed by atoms with Gasteiger partial charge in [-0.15, -0.1) is 0 Å². The molecule has 0 radical (unpaired) electrons. The molecule has 0 heterocycles. The first kappa shape index (κ1) is 21.2. The van der Waals surface area contributed by atoms with Crippen molar-refractivity contribution in [2.24, 2.45) is 0 Å². The molecule has 6 aromatic carbocycles. The van der Waals surface area contributed by atoms with Crippen molar-refractivity contribution < 1.29 is 19.2 Å². The van der Waals surface area contributed by atoms with Crippen LogP contribution in [-0.2, 0) is 4.57 Å². The van der Waals surface area contributed by atoms with Crippen LogP contribution in [0.25, 0.3) is 53.9 Å². The van der Waals surface area contributed by atoms with Crippen molar-refractivity contribution in [1.29, 1.82) is 0 Å². The minimum absolute atomic E-state index is 1.30. The van der Waals surface area contributed by atoms with Gasteiger partial charge in [0.05, 0.1) is 0 Å². The molecule has 0 bridgehead atoms. The molecule has 6 aromatic rings. The normalized spacial score (nSPS) is 11.9. The summed E-state index contributed by atoms with van der Waals surface area (Å²) in [7, 11) is -4.64.